The maximum Gasteiger partial charge on any atom is 0.237 e. The second kappa shape index (κ2) is 8.20. The number of aryl methyl sites for hydroxylation is 2. The Hall–Kier alpha value is -2.32. The average Bonchev–Trinajstić information content (AvgIpc) is 2.64. The maximum absolute atomic E-state index is 12.9. The van der Waals surface area contributed by atoms with Gasteiger partial charge in [0.05, 0.1) is 21.6 Å². The molecule has 3 rings (SSSR count). The predicted molar refractivity (Wildman–Crippen MR) is 116 cm³/mol. The molecular weight excluding hydrogens is 408 g/mol. The van der Waals surface area contributed by atoms with E-state index in [1.807, 2.05) is 32.0 Å². The van der Waals surface area contributed by atoms with E-state index in [1.54, 1.807) is 19.9 Å². The summed E-state index contributed by atoms with van der Waals surface area (Å²) < 4.78 is 25.7. The van der Waals surface area contributed by atoms with Crippen LogP contribution in [0.15, 0.2) is 46.2 Å². The zero-order valence-corrected chi connectivity index (χ0v) is 18.4. The Bertz CT molecular complexity index is 1080. The van der Waals surface area contributed by atoms with Gasteiger partial charge >= 0.3 is 0 Å². The van der Waals surface area contributed by atoms with Gasteiger partial charge < -0.3 is 10.6 Å². The van der Waals surface area contributed by atoms with E-state index in [4.69, 9.17) is 0 Å². The Morgan fingerprint density at radius 3 is 2.66 bits per heavy atom. The van der Waals surface area contributed by atoms with Crippen LogP contribution in [-0.2, 0) is 19.4 Å². The molecule has 0 fully saturated rings. The van der Waals surface area contributed by atoms with E-state index >= 15 is 0 Å². The van der Waals surface area contributed by atoms with Gasteiger partial charge in [0, 0.05) is 16.5 Å². The number of fused-ring (bicyclic) bond motifs is 1. The van der Waals surface area contributed by atoms with Crippen LogP contribution in [0.2, 0.25) is 0 Å². The fourth-order valence-electron chi connectivity index (χ4n) is 3.01. The van der Waals surface area contributed by atoms with Crippen molar-refractivity contribution in [3.05, 3.63) is 47.5 Å². The third-order valence-corrected chi connectivity index (χ3v) is 7.90. The average molecular weight is 433 g/mol. The maximum atomic E-state index is 12.9. The van der Waals surface area contributed by atoms with Crippen molar-refractivity contribution >= 4 is 44.8 Å². The summed E-state index contributed by atoms with van der Waals surface area (Å²) >= 11 is 1.39. The topological polar surface area (TPSA) is 92.3 Å². The predicted octanol–water partition coefficient (Wildman–Crippen LogP) is 3.78. The van der Waals surface area contributed by atoms with Crippen LogP contribution in [-0.4, -0.2) is 31.2 Å². The van der Waals surface area contributed by atoms with Crippen molar-refractivity contribution in [2.75, 3.05) is 16.4 Å². The summed E-state index contributed by atoms with van der Waals surface area (Å²) in [4.78, 5) is 25.4. The largest absolute Gasteiger partial charge is 0.326 e. The number of carbonyl (C=O) groups is 2. The minimum absolute atomic E-state index is 0.0955. The summed E-state index contributed by atoms with van der Waals surface area (Å²) in [6.45, 7) is 7.20. The van der Waals surface area contributed by atoms with E-state index in [2.05, 4.69) is 10.6 Å². The molecule has 0 unspecified atom stereocenters. The zero-order chi connectivity index (χ0) is 21.3. The highest BCUT2D eigenvalue weighted by molar-refractivity contribution is 8.01. The van der Waals surface area contributed by atoms with Crippen molar-refractivity contribution in [1.29, 1.82) is 0 Å². The van der Waals surface area contributed by atoms with Crippen LogP contribution in [0.25, 0.3) is 0 Å². The zero-order valence-electron chi connectivity index (χ0n) is 16.8. The van der Waals surface area contributed by atoms with E-state index in [-0.39, 0.29) is 27.7 Å². The molecule has 0 spiro atoms. The number of thioether (sulfide) groups is 1. The van der Waals surface area contributed by atoms with Gasteiger partial charge in [-0.1, -0.05) is 19.1 Å². The van der Waals surface area contributed by atoms with Crippen molar-refractivity contribution in [3.8, 4) is 0 Å². The van der Waals surface area contributed by atoms with Gasteiger partial charge in [-0.3, -0.25) is 9.59 Å². The van der Waals surface area contributed by atoms with Gasteiger partial charge in [-0.25, -0.2) is 8.42 Å². The third kappa shape index (κ3) is 4.82. The van der Waals surface area contributed by atoms with Gasteiger partial charge in [-0.05, 0) is 56.2 Å². The smallest absolute Gasteiger partial charge is 0.237 e. The Balaban J connectivity index is 1.75. The molecule has 0 aromatic heterocycles. The number of sulfone groups is 1. The van der Waals surface area contributed by atoms with Gasteiger partial charge in [0.15, 0.2) is 9.84 Å². The lowest BCUT2D eigenvalue weighted by Gasteiger charge is -2.22. The number of carbonyl (C=O) groups excluding carboxylic acids is 2. The Morgan fingerprint density at radius 2 is 1.93 bits per heavy atom. The number of benzene rings is 2. The van der Waals surface area contributed by atoms with Crippen LogP contribution in [0, 0.1) is 19.8 Å². The van der Waals surface area contributed by atoms with Crippen LogP contribution < -0.4 is 10.6 Å². The summed E-state index contributed by atoms with van der Waals surface area (Å²) in [6, 6.07) is 10.4. The van der Waals surface area contributed by atoms with E-state index < -0.39 is 15.8 Å². The van der Waals surface area contributed by atoms with E-state index in [0.717, 1.165) is 16.0 Å². The van der Waals surface area contributed by atoms with Gasteiger partial charge in [0.1, 0.15) is 0 Å². The first-order valence-corrected chi connectivity index (χ1v) is 11.8. The van der Waals surface area contributed by atoms with Gasteiger partial charge in [-0.15, -0.1) is 11.8 Å². The first kappa shape index (κ1) is 21.4. The van der Waals surface area contributed by atoms with Crippen LogP contribution in [0.1, 0.15) is 25.0 Å². The number of rotatable bonds is 5. The second-order valence-electron chi connectivity index (χ2n) is 7.40. The summed E-state index contributed by atoms with van der Waals surface area (Å²) in [5.74, 6) is -1.56. The van der Waals surface area contributed by atoms with E-state index in [0.29, 0.717) is 11.4 Å². The van der Waals surface area contributed by atoms with Crippen molar-refractivity contribution < 1.29 is 18.0 Å². The molecule has 1 aliphatic heterocycles. The molecule has 2 aromatic rings. The minimum Gasteiger partial charge on any atom is -0.326 e. The quantitative estimate of drug-likeness (QED) is 0.750. The molecule has 0 radical (unpaired) electrons. The highest BCUT2D eigenvalue weighted by Gasteiger charge is 2.27. The fourth-order valence-corrected chi connectivity index (χ4v) is 5.51. The normalized spacial score (nSPS) is 17.2. The molecule has 1 heterocycles. The lowest BCUT2D eigenvalue weighted by molar-refractivity contribution is -0.119. The highest BCUT2D eigenvalue weighted by atomic mass is 32.2. The molecule has 2 atom stereocenters. The van der Waals surface area contributed by atoms with Crippen LogP contribution in [0.5, 0.6) is 0 Å². The Kier molecular flexibility index (Phi) is 6.05. The Labute approximate surface area is 175 Å². The van der Waals surface area contributed by atoms with Crippen LogP contribution in [0.3, 0.4) is 0 Å². The molecule has 0 aliphatic carbocycles. The summed E-state index contributed by atoms with van der Waals surface area (Å²) in [5.41, 5.74) is 3.10. The molecule has 2 amide bonds. The van der Waals surface area contributed by atoms with Crippen molar-refractivity contribution in [2.24, 2.45) is 5.92 Å². The first-order valence-electron chi connectivity index (χ1n) is 9.29. The first-order chi connectivity index (χ1) is 13.6. The summed E-state index contributed by atoms with van der Waals surface area (Å²) in [5, 5.41) is 5.34. The van der Waals surface area contributed by atoms with E-state index in [1.165, 1.54) is 23.9 Å². The van der Waals surface area contributed by atoms with Crippen LogP contribution >= 0.6 is 11.8 Å². The number of anilines is 2. The number of hydrogen-bond donors (Lipinski definition) is 2. The second-order valence-corrected chi connectivity index (χ2v) is 10.8. The van der Waals surface area contributed by atoms with Gasteiger partial charge in [0.25, 0.3) is 0 Å². The molecule has 1 aliphatic rings. The lowest BCUT2D eigenvalue weighted by Crippen LogP contribution is -2.28. The molecule has 0 saturated carbocycles. The highest BCUT2D eigenvalue weighted by Crippen LogP contribution is 2.37. The molecular formula is C21H24N2O4S2. The van der Waals surface area contributed by atoms with E-state index in [9.17, 15) is 18.0 Å². The molecule has 154 valence electrons. The van der Waals surface area contributed by atoms with Crippen molar-refractivity contribution in [2.45, 2.75) is 42.7 Å². The van der Waals surface area contributed by atoms with Gasteiger partial charge in [0.2, 0.25) is 11.8 Å². The number of hydrogen-bond acceptors (Lipinski definition) is 5. The Morgan fingerprint density at radius 1 is 1.21 bits per heavy atom. The molecule has 6 nitrogen and oxygen atoms in total. The standard InChI is InChI=1S/C21H24N2O4S2/c1-12-5-6-13(2)17(9-12)22-20(24)14(3)11-29(26,27)16-7-8-19-18(10-16)23-21(25)15(4)28-19/h5-10,14-15H,11H2,1-4H3,(H,22,24)(H,23,25)/t14-,15+/m0/s1. The molecule has 0 bridgehead atoms. The van der Waals surface area contributed by atoms with Crippen molar-refractivity contribution in [3.63, 3.8) is 0 Å². The molecule has 0 saturated heterocycles. The van der Waals surface area contributed by atoms with Crippen molar-refractivity contribution in [1.82, 2.24) is 0 Å². The summed E-state index contributed by atoms with van der Waals surface area (Å²) in [6.07, 6.45) is 0. The number of amides is 2. The number of nitrogens with one attached hydrogen (secondary N) is 2. The molecule has 2 aromatic carbocycles. The van der Waals surface area contributed by atoms with Gasteiger partial charge in [-0.2, -0.15) is 0 Å². The third-order valence-electron chi connectivity index (χ3n) is 4.81. The molecule has 2 N–H and O–H groups in total. The molecule has 8 heteroatoms. The lowest BCUT2D eigenvalue weighted by atomic mass is 10.1. The SMILES string of the molecule is Cc1ccc(C)c(NC(=O)[C@@H](C)CS(=O)(=O)c2ccc3c(c2)NC(=O)[C@@H](C)S3)c1. The fraction of sp³-hybridized carbons (Fsp3) is 0.333. The minimum atomic E-state index is -3.70. The molecule has 29 heavy (non-hydrogen) atoms. The summed E-state index contributed by atoms with van der Waals surface area (Å²) in [7, 11) is -3.70. The van der Waals surface area contributed by atoms with Crippen LogP contribution in [0.4, 0.5) is 11.4 Å². The monoisotopic (exact) mass is 432 g/mol.